The smallest absolute Gasteiger partial charge is 0.138 e. The Morgan fingerprint density at radius 1 is 1.29 bits per heavy atom. The van der Waals surface area contributed by atoms with Gasteiger partial charge in [-0.05, 0) is 31.0 Å². The van der Waals surface area contributed by atoms with Crippen molar-refractivity contribution in [1.29, 1.82) is 0 Å². The zero-order valence-corrected chi connectivity index (χ0v) is 12.7. The van der Waals surface area contributed by atoms with Gasteiger partial charge >= 0.3 is 0 Å². The van der Waals surface area contributed by atoms with Crippen molar-refractivity contribution in [3.05, 3.63) is 65.0 Å². The van der Waals surface area contributed by atoms with Crippen LogP contribution in [0.1, 0.15) is 23.6 Å². The highest BCUT2D eigenvalue weighted by molar-refractivity contribution is 7.80. The Kier molecular flexibility index (Phi) is 3.64. The molecule has 0 aromatic heterocycles. The molecule has 21 heavy (non-hydrogen) atoms. The second-order valence-electron chi connectivity index (χ2n) is 5.45. The van der Waals surface area contributed by atoms with Crippen LogP contribution < -0.4 is 10.6 Å². The third kappa shape index (κ3) is 2.51. The van der Waals surface area contributed by atoms with Crippen molar-refractivity contribution in [2.24, 2.45) is 5.73 Å². The van der Waals surface area contributed by atoms with Gasteiger partial charge in [0.15, 0.2) is 0 Å². The Morgan fingerprint density at radius 2 is 2.05 bits per heavy atom. The van der Waals surface area contributed by atoms with Gasteiger partial charge in [0.1, 0.15) is 10.8 Å². The highest BCUT2D eigenvalue weighted by atomic mass is 32.1. The molecule has 0 saturated heterocycles. The van der Waals surface area contributed by atoms with Gasteiger partial charge in [-0.3, -0.25) is 0 Å². The normalized spacial score (nSPS) is 16.9. The van der Waals surface area contributed by atoms with Crippen LogP contribution in [0.15, 0.2) is 42.5 Å². The number of nitrogens with two attached hydrogens (primary N) is 1. The Bertz CT molecular complexity index is 699. The van der Waals surface area contributed by atoms with Crippen LogP contribution in [0.2, 0.25) is 0 Å². The maximum absolute atomic E-state index is 14.5. The summed E-state index contributed by atoms with van der Waals surface area (Å²) in [6.07, 6.45) is 0.993. The van der Waals surface area contributed by atoms with Crippen LogP contribution in [0.5, 0.6) is 0 Å². The molecule has 1 atom stereocenters. The molecule has 2 N–H and O–H groups in total. The number of nitrogens with zero attached hydrogens (tertiary/aromatic N) is 1. The van der Waals surface area contributed by atoms with Crippen LogP contribution in [-0.2, 0) is 13.0 Å². The lowest BCUT2D eigenvalue weighted by Crippen LogP contribution is -2.29. The third-order valence-electron chi connectivity index (χ3n) is 4.03. The Labute approximate surface area is 129 Å². The van der Waals surface area contributed by atoms with Gasteiger partial charge < -0.3 is 10.6 Å². The molecule has 2 nitrogen and oxygen atoms in total. The number of fused-ring (bicyclic) bond motifs is 1. The fourth-order valence-electron chi connectivity index (χ4n) is 2.95. The third-order valence-corrected chi connectivity index (χ3v) is 4.25. The van der Waals surface area contributed by atoms with Crippen molar-refractivity contribution >= 4 is 22.9 Å². The molecule has 1 aliphatic heterocycles. The molecule has 0 amide bonds. The lowest BCUT2D eigenvalue weighted by Gasteiger charge is -2.25. The van der Waals surface area contributed by atoms with Gasteiger partial charge in [-0.15, -0.1) is 0 Å². The molecule has 0 saturated carbocycles. The summed E-state index contributed by atoms with van der Waals surface area (Å²) in [6, 6.07) is 13.9. The van der Waals surface area contributed by atoms with Gasteiger partial charge in [0.25, 0.3) is 0 Å². The topological polar surface area (TPSA) is 29.3 Å². The van der Waals surface area contributed by atoms with Crippen molar-refractivity contribution in [1.82, 2.24) is 0 Å². The summed E-state index contributed by atoms with van der Waals surface area (Å²) in [4.78, 5) is 2.33. The SMILES string of the molecule is CC1Cc2ccccc2N1Cc1cccc(C(N)=S)c1F. The average molecular weight is 300 g/mol. The fourth-order valence-corrected chi connectivity index (χ4v) is 3.10. The van der Waals surface area contributed by atoms with Gasteiger partial charge in [0, 0.05) is 29.4 Å². The molecule has 0 aliphatic carbocycles. The van der Waals surface area contributed by atoms with Gasteiger partial charge in [-0.25, -0.2) is 4.39 Å². The molecule has 0 spiro atoms. The maximum Gasteiger partial charge on any atom is 0.138 e. The van der Waals surface area contributed by atoms with Gasteiger partial charge in [0.2, 0.25) is 0 Å². The van der Waals surface area contributed by atoms with Crippen LogP contribution in [0.3, 0.4) is 0 Å². The molecule has 108 valence electrons. The molecule has 2 aromatic carbocycles. The minimum atomic E-state index is -0.304. The summed E-state index contributed by atoms with van der Waals surface area (Å²) < 4.78 is 14.5. The zero-order valence-electron chi connectivity index (χ0n) is 11.8. The average Bonchev–Trinajstić information content (AvgIpc) is 2.77. The molecule has 0 bridgehead atoms. The van der Waals surface area contributed by atoms with Crippen molar-refractivity contribution in [2.45, 2.75) is 25.9 Å². The van der Waals surface area contributed by atoms with E-state index in [9.17, 15) is 4.39 Å². The number of hydrogen-bond donors (Lipinski definition) is 1. The van der Waals surface area contributed by atoms with Crippen LogP contribution >= 0.6 is 12.2 Å². The van der Waals surface area contributed by atoms with Gasteiger partial charge in [-0.1, -0.05) is 42.5 Å². The van der Waals surface area contributed by atoms with Crippen molar-refractivity contribution < 1.29 is 4.39 Å². The number of hydrogen-bond acceptors (Lipinski definition) is 2. The zero-order chi connectivity index (χ0) is 15.0. The summed E-state index contributed by atoms with van der Waals surface area (Å²) in [6.45, 7) is 2.69. The molecular weight excluding hydrogens is 283 g/mol. The predicted octanol–water partition coefficient (Wildman–Crippen LogP) is 3.41. The first-order valence-corrected chi connectivity index (χ1v) is 7.40. The van der Waals surface area contributed by atoms with E-state index in [1.807, 2.05) is 12.1 Å². The molecule has 2 aromatic rings. The Morgan fingerprint density at radius 3 is 2.81 bits per heavy atom. The van der Waals surface area contributed by atoms with E-state index in [4.69, 9.17) is 18.0 Å². The standard InChI is InChI=1S/C17H17FN2S/c1-11-9-12-5-2-3-8-15(12)20(11)10-13-6-4-7-14(16(13)18)17(19)21/h2-8,11H,9-10H2,1H3,(H2,19,21). The van der Waals surface area contributed by atoms with E-state index in [-0.39, 0.29) is 10.8 Å². The fraction of sp³-hybridized carbons (Fsp3) is 0.235. The Balaban J connectivity index is 1.94. The van der Waals surface area contributed by atoms with Crippen molar-refractivity contribution in [2.75, 3.05) is 4.90 Å². The number of anilines is 1. The van der Waals surface area contributed by atoms with Gasteiger partial charge in [-0.2, -0.15) is 0 Å². The van der Waals surface area contributed by atoms with E-state index in [0.29, 0.717) is 23.7 Å². The quantitative estimate of drug-likeness (QED) is 0.881. The summed E-state index contributed by atoms with van der Waals surface area (Å²) in [5.41, 5.74) is 9.02. The molecular formula is C17H17FN2S. The van der Waals surface area contributed by atoms with E-state index in [1.54, 1.807) is 18.2 Å². The lowest BCUT2D eigenvalue weighted by atomic mass is 10.1. The van der Waals surface area contributed by atoms with Crippen LogP contribution in [0.25, 0.3) is 0 Å². The second kappa shape index (κ2) is 5.45. The monoisotopic (exact) mass is 300 g/mol. The summed E-state index contributed by atoms with van der Waals surface area (Å²) in [5.74, 6) is -0.304. The minimum Gasteiger partial charge on any atom is -0.389 e. The summed E-state index contributed by atoms with van der Waals surface area (Å²) in [5, 5.41) is 0. The number of thiocarbonyl (C=S) groups is 1. The van der Waals surface area contributed by atoms with E-state index in [0.717, 1.165) is 6.42 Å². The van der Waals surface area contributed by atoms with Crippen LogP contribution in [0, 0.1) is 5.82 Å². The molecule has 0 fully saturated rings. The number of rotatable bonds is 3. The van der Waals surface area contributed by atoms with Crippen molar-refractivity contribution in [3.63, 3.8) is 0 Å². The molecule has 0 radical (unpaired) electrons. The first kappa shape index (κ1) is 14.0. The lowest BCUT2D eigenvalue weighted by molar-refractivity contribution is 0.591. The summed E-state index contributed by atoms with van der Waals surface area (Å²) in [7, 11) is 0. The predicted molar refractivity (Wildman–Crippen MR) is 88.1 cm³/mol. The van der Waals surface area contributed by atoms with Crippen LogP contribution in [-0.4, -0.2) is 11.0 Å². The number of para-hydroxylation sites is 1. The van der Waals surface area contributed by atoms with Crippen molar-refractivity contribution in [3.8, 4) is 0 Å². The molecule has 3 rings (SSSR count). The van der Waals surface area contributed by atoms with E-state index < -0.39 is 0 Å². The first-order valence-electron chi connectivity index (χ1n) is 6.99. The highest BCUT2D eigenvalue weighted by Gasteiger charge is 2.26. The summed E-state index contributed by atoms with van der Waals surface area (Å²) >= 11 is 4.90. The minimum absolute atomic E-state index is 0.101. The van der Waals surface area contributed by atoms with Gasteiger partial charge in [0.05, 0.1) is 0 Å². The molecule has 1 aliphatic rings. The molecule has 1 unspecified atom stereocenters. The van der Waals surface area contributed by atoms with Crippen LogP contribution in [0.4, 0.5) is 10.1 Å². The number of benzene rings is 2. The number of halogens is 1. The van der Waals surface area contributed by atoms with E-state index in [2.05, 4.69) is 24.0 Å². The van der Waals surface area contributed by atoms with E-state index in [1.165, 1.54) is 11.3 Å². The highest BCUT2D eigenvalue weighted by Crippen LogP contribution is 2.33. The molecule has 1 heterocycles. The molecule has 4 heteroatoms. The van der Waals surface area contributed by atoms with E-state index >= 15 is 0 Å². The largest absolute Gasteiger partial charge is 0.389 e. The second-order valence-corrected chi connectivity index (χ2v) is 5.89. The maximum atomic E-state index is 14.5. The first-order chi connectivity index (χ1) is 10.1. The Hall–Kier alpha value is -1.94.